The fraction of sp³-hybridized carbons (Fsp3) is 0.435. The molecule has 2 atom stereocenters. The van der Waals surface area contributed by atoms with Gasteiger partial charge in [0.1, 0.15) is 17.0 Å². The molecule has 3 aromatic rings. The second-order valence-corrected chi connectivity index (χ2v) is 9.68. The lowest BCUT2D eigenvalue weighted by Crippen LogP contribution is -2.46. The van der Waals surface area contributed by atoms with E-state index in [1.165, 1.54) is 4.68 Å². The van der Waals surface area contributed by atoms with Crippen LogP contribution in [-0.4, -0.2) is 36.0 Å². The summed E-state index contributed by atoms with van der Waals surface area (Å²) in [7, 11) is 0. The van der Waals surface area contributed by atoms with E-state index >= 15 is 0 Å². The van der Waals surface area contributed by atoms with E-state index in [1.54, 1.807) is 18.3 Å². The van der Waals surface area contributed by atoms with Gasteiger partial charge in [0.2, 0.25) is 11.9 Å². The summed E-state index contributed by atoms with van der Waals surface area (Å²) < 4.78 is 40.4. The van der Waals surface area contributed by atoms with Crippen LogP contribution >= 0.6 is 0 Å². The number of nitrogens with two attached hydrogens (primary N) is 1. The third-order valence-corrected chi connectivity index (χ3v) is 6.38. The molecular weight excluding hydrogens is 463 g/mol. The molecular formula is C23H26F3N7O2. The lowest BCUT2D eigenvalue weighted by atomic mass is 9.62. The van der Waals surface area contributed by atoms with Crippen LogP contribution in [0.2, 0.25) is 0 Å². The smallest absolute Gasteiger partial charge is 0.383 e. The molecule has 1 amide bonds. The van der Waals surface area contributed by atoms with Gasteiger partial charge in [0.15, 0.2) is 0 Å². The summed E-state index contributed by atoms with van der Waals surface area (Å²) in [5, 5.41) is 22.5. The van der Waals surface area contributed by atoms with Crippen LogP contribution in [0.1, 0.15) is 50.1 Å². The number of carbonyl (C=O) groups is 1. The normalized spacial score (nSPS) is 22.1. The molecule has 1 fully saturated rings. The first-order valence-corrected chi connectivity index (χ1v) is 11.0. The molecule has 0 radical (unpaired) electrons. The summed E-state index contributed by atoms with van der Waals surface area (Å²) in [6, 6.07) is 6.00. The molecule has 2 heterocycles. The minimum Gasteiger partial charge on any atom is -0.383 e. The van der Waals surface area contributed by atoms with Gasteiger partial charge in [-0.2, -0.15) is 13.2 Å². The Bertz CT molecular complexity index is 1260. The van der Waals surface area contributed by atoms with E-state index in [0.717, 1.165) is 17.8 Å². The van der Waals surface area contributed by atoms with E-state index in [9.17, 15) is 23.1 Å². The highest BCUT2D eigenvalue weighted by molar-refractivity contribution is 5.77. The number of carbonyl (C=O) groups excluding carboxylic acids is 1. The number of aliphatic hydroxyl groups is 1. The standard InChI is InChI=1S/C23H26F3N7O2/c1-13-8-14(29-20-28-7-5-17(30-20)23(24,25)26)10-15(9-13)33-11-18(31-32-33)22(35)6-4-16(19(27)34)21(2,3)12-22/h5,7-11,16,35H,4,6,12H2,1-3H3,(H2,27,34)(H,28,29,30)/t16-,22-/m1/s1. The Morgan fingerprint density at radius 2 is 2.03 bits per heavy atom. The van der Waals surface area contributed by atoms with Crippen LogP contribution in [0.4, 0.5) is 24.8 Å². The number of rotatable bonds is 5. The molecule has 1 aliphatic carbocycles. The van der Waals surface area contributed by atoms with Crippen LogP contribution in [0, 0.1) is 18.3 Å². The van der Waals surface area contributed by atoms with Crippen LogP contribution in [0.5, 0.6) is 0 Å². The number of hydrogen-bond donors (Lipinski definition) is 3. The largest absolute Gasteiger partial charge is 0.433 e. The summed E-state index contributed by atoms with van der Waals surface area (Å²) in [5.41, 5.74) is 4.90. The maximum atomic E-state index is 13.0. The molecule has 1 aliphatic rings. The average molecular weight is 490 g/mol. The summed E-state index contributed by atoms with van der Waals surface area (Å²) in [4.78, 5) is 19.2. The van der Waals surface area contributed by atoms with Crippen molar-refractivity contribution in [2.45, 2.75) is 51.8 Å². The number of amides is 1. The fourth-order valence-corrected chi connectivity index (χ4v) is 4.76. The van der Waals surface area contributed by atoms with Crippen LogP contribution in [-0.2, 0) is 16.6 Å². The third kappa shape index (κ3) is 5.11. The predicted octanol–water partition coefficient (Wildman–Crippen LogP) is 3.63. The molecule has 1 saturated carbocycles. The monoisotopic (exact) mass is 489 g/mol. The summed E-state index contributed by atoms with van der Waals surface area (Å²) >= 11 is 0. The number of alkyl halides is 3. The van der Waals surface area contributed by atoms with E-state index in [2.05, 4.69) is 25.6 Å². The van der Waals surface area contributed by atoms with Crippen LogP contribution in [0.15, 0.2) is 36.7 Å². The maximum absolute atomic E-state index is 13.0. The Hall–Kier alpha value is -3.54. The van der Waals surface area contributed by atoms with Crippen molar-refractivity contribution in [1.82, 2.24) is 25.0 Å². The topological polar surface area (TPSA) is 132 Å². The number of benzene rings is 1. The Balaban J connectivity index is 1.59. The van der Waals surface area contributed by atoms with Gasteiger partial charge in [0.05, 0.1) is 11.9 Å². The van der Waals surface area contributed by atoms with Gasteiger partial charge in [-0.15, -0.1) is 5.10 Å². The van der Waals surface area contributed by atoms with Gasteiger partial charge in [0.25, 0.3) is 0 Å². The Labute approximate surface area is 199 Å². The Morgan fingerprint density at radius 1 is 1.29 bits per heavy atom. The zero-order chi connectivity index (χ0) is 25.6. The van der Waals surface area contributed by atoms with E-state index in [1.807, 2.05) is 26.8 Å². The molecule has 35 heavy (non-hydrogen) atoms. The second-order valence-electron chi connectivity index (χ2n) is 9.68. The van der Waals surface area contributed by atoms with Crippen molar-refractivity contribution in [1.29, 1.82) is 0 Å². The average Bonchev–Trinajstić information content (AvgIpc) is 3.23. The first-order valence-electron chi connectivity index (χ1n) is 11.0. The minimum absolute atomic E-state index is 0.196. The first-order chi connectivity index (χ1) is 16.3. The van der Waals surface area contributed by atoms with Crippen molar-refractivity contribution in [2.24, 2.45) is 17.1 Å². The Kier molecular flexibility index (Phi) is 6.04. The predicted molar refractivity (Wildman–Crippen MR) is 121 cm³/mol. The summed E-state index contributed by atoms with van der Waals surface area (Å²) in [5.74, 6) is -0.926. The molecule has 186 valence electrons. The van der Waals surface area contributed by atoms with Crippen molar-refractivity contribution in [3.8, 4) is 5.69 Å². The third-order valence-electron chi connectivity index (χ3n) is 6.38. The number of primary amides is 1. The molecule has 0 bridgehead atoms. The lowest BCUT2D eigenvalue weighted by molar-refractivity contribution is -0.141. The van der Waals surface area contributed by atoms with Gasteiger partial charge >= 0.3 is 6.18 Å². The highest BCUT2D eigenvalue weighted by atomic mass is 19.4. The van der Waals surface area contributed by atoms with E-state index in [0.29, 0.717) is 36.3 Å². The maximum Gasteiger partial charge on any atom is 0.433 e. The summed E-state index contributed by atoms with van der Waals surface area (Å²) in [6.07, 6.45) is -0.898. The van der Waals surface area contributed by atoms with Crippen LogP contribution in [0.25, 0.3) is 5.69 Å². The number of nitrogens with zero attached hydrogens (tertiary/aromatic N) is 5. The number of halogens is 3. The molecule has 0 saturated heterocycles. The second kappa shape index (κ2) is 8.59. The minimum atomic E-state index is -4.58. The number of anilines is 2. The first kappa shape index (κ1) is 24.6. The van der Waals surface area contributed by atoms with Gasteiger partial charge < -0.3 is 16.2 Å². The molecule has 2 aromatic heterocycles. The molecule has 9 nitrogen and oxygen atoms in total. The summed E-state index contributed by atoms with van der Waals surface area (Å²) in [6.45, 7) is 5.61. The van der Waals surface area contributed by atoms with Crippen LogP contribution < -0.4 is 11.1 Å². The molecule has 1 aromatic carbocycles. The van der Waals surface area contributed by atoms with Gasteiger partial charge in [-0.3, -0.25) is 4.79 Å². The van der Waals surface area contributed by atoms with E-state index in [-0.39, 0.29) is 17.8 Å². The van der Waals surface area contributed by atoms with Crippen molar-refractivity contribution in [3.05, 3.63) is 53.6 Å². The zero-order valence-corrected chi connectivity index (χ0v) is 19.5. The SMILES string of the molecule is Cc1cc(Nc2nccc(C(F)(F)F)n2)cc(-n2cc([C@@]3(O)CC[C@H](C(N)=O)C(C)(C)C3)nn2)c1. The highest BCUT2D eigenvalue weighted by Crippen LogP contribution is 2.49. The molecule has 0 unspecified atom stereocenters. The molecule has 0 aliphatic heterocycles. The Morgan fingerprint density at radius 3 is 2.69 bits per heavy atom. The van der Waals surface area contributed by atoms with Crippen molar-refractivity contribution < 1.29 is 23.1 Å². The van der Waals surface area contributed by atoms with Crippen molar-refractivity contribution >= 4 is 17.5 Å². The molecule has 4 N–H and O–H groups in total. The van der Waals surface area contributed by atoms with E-state index < -0.39 is 22.9 Å². The lowest BCUT2D eigenvalue weighted by Gasteiger charge is -2.44. The number of aryl methyl sites for hydroxylation is 1. The molecule has 0 spiro atoms. The number of hydrogen-bond acceptors (Lipinski definition) is 7. The van der Waals surface area contributed by atoms with Gasteiger partial charge in [-0.1, -0.05) is 19.1 Å². The molecule has 12 heteroatoms. The van der Waals surface area contributed by atoms with Crippen molar-refractivity contribution in [3.63, 3.8) is 0 Å². The van der Waals surface area contributed by atoms with Gasteiger partial charge in [0, 0.05) is 17.8 Å². The van der Waals surface area contributed by atoms with Crippen molar-refractivity contribution in [2.75, 3.05) is 5.32 Å². The zero-order valence-electron chi connectivity index (χ0n) is 19.5. The number of aromatic nitrogens is 5. The highest BCUT2D eigenvalue weighted by Gasteiger charge is 2.48. The quantitative estimate of drug-likeness (QED) is 0.499. The van der Waals surface area contributed by atoms with Gasteiger partial charge in [-0.25, -0.2) is 14.6 Å². The fourth-order valence-electron chi connectivity index (χ4n) is 4.76. The molecule has 4 rings (SSSR count). The van der Waals surface area contributed by atoms with E-state index in [4.69, 9.17) is 5.73 Å². The van der Waals surface area contributed by atoms with Gasteiger partial charge in [-0.05, 0) is 61.4 Å². The van der Waals surface area contributed by atoms with Crippen LogP contribution in [0.3, 0.4) is 0 Å². The number of nitrogens with one attached hydrogen (secondary N) is 1.